The molecule has 0 radical (unpaired) electrons. The summed E-state index contributed by atoms with van der Waals surface area (Å²) in [6.07, 6.45) is 1.33. The van der Waals surface area contributed by atoms with Crippen LogP contribution in [0.15, 0.2) is 0 Å². The van der Waals surface area contributed by atoms with Crippen molar-refractivity contribution in [2.75, 3.05) is 7.11 Å². The SMILES string of the molecule is COC(=O)C(C)(N)CCC=O. The zero-order chi connectivity index (χ0) is 8.91. The van der Waals surface area contributed by atoms with Gasteiger partial charge in [0.2, 0.25) is 0 Å². The predicted octanol–water partition coefficient (Wildman–Crippen LogP) is -0.144. The number of hydrogen-bond donors (Lipinski definition) is 1. The van der Waals surface area contributed by atoms with Gasteiger partial charge in [-0.3, -0.25) is 4.79 Å². The van der Waals surface area contributed by atoms with E-state index in [-0.39, 0.29) is 6.42 Å². The third-order valence-electron chi connectivity index (χ3n) is 1.43. The van der Waals surface area contributed by atoms with Crippen LogP contribution in [0.4, 0.5) is 0 Å². The zero-order valence-corrected chi connectivity index (χ0v) is 6.79. The standard InChI is InChI=1S/C7H13NO3/c1-7(8,4-3-5-9)6(10)11-2/h5H,3-4,8H2,1-2H3. The van der Waals surface area contributed by atoms with Gasteiger partial charge >= 0.3 is 5.97 Å². The second-order valence-electron chi connectivity index (χ2n) is 2.61. The maximum Gasteiger partial charge on any atom is 0.325 e. The Morgan fingerprint density at radius 2 is 2.27 bits per heavy atom. The first kappa shape index (κ1) is 10.1. The van der Waals surface area contributed by atoms with Crippen LogP contribution in [0, 0.1) is 0 Å². The molecule has 2 N–H and O–H groups in total. The summed E-state index contributed by atoms with van der Waals surface area (Å²) < 4.78 is 4.43. The molecule has 4 nitrogen and oxygen atoms in total. The lowest BCUT2D eigenvalue weighted by Gasteiger charge is -2.19. The molecule has 0 heterocycles. The molecule has 1 unspecified atom stereocenters. The van der Waals surface area contributed by atoms with Crippen LogP contribution in [-0.2, 0) is 14.3 Å². The van der Waals surface area contributed by atoms with Gasteiger partial charge in [0.15, 0.2) is 0 Å². The second kappa shape index (κ2) is 4.08. The average molecular weight is 159 g/mol. The summed E-state index contributed by atoms with van der Waals surface area (Å²) in [6.45, 7) is 1.54. The molecule has 0 aromatic rings. The number of rotatable bonds is 4. The highest BCUT2D eigenvalue weighted by atomic mass is 16.5. The third kappa shape index (κ3) is 3.13. The van der Waals surface area contributed by atoms with Gasteiger partial charge in [0.1, 0.15) is 11.8 Å². The molecule has 0 aliphatic rings. The van der Waals surface area contributed by atoms with Gasteiger partial charge in [-0.05, 0) is 13.3 Å². The van der Waals surface area contributed by atoms with E-state index in [1.165, 1.54) is 7.11 Å². The van der Waals surface area contributed by atoms with Crippen molar-refractivity contribution in [1.29, 1.82) is 0 Å². The molecule has 0 fully saturated rings. The summed E-state index contributed by atoms with van der Waals surface area (Å²) in [5.74, 6) is -0.487. The van der Waals surface area contributed by atoms with Crippen molar-refractivity contribution >= 4 is 12.3 Å². The number of nitrogens with two attached hydrogens (primary N) is 1. The molecule has 0 spiro atoms. The third-order valence-corrected chi connectivity index (χ3v) is 1.43. The Morgan fingerprint density at radius 1 is 1.73 bits per heavy atom. The number of carbonyl (C=O) groups excluding carboxylic acids is 2. The monoisotopic (exact) mass is 159 g/mol. The number of methoxy groups -OCH3 is 1. The molecule has 4 heteroatoms. The van der Waals surface area contributed by atoms with E-state index < -0.39 is 11.5 Å². The lowest BCUT2D eigenvalue weighted by atomic mass is 9.98. The first-order valence-corrected chi connectivity index (χ1v) is 3.35. The summed E-state index contributed by atoms with van der Waals surface area (Å²) in [6, 6.07) is 0. The average Bonchev–Trinajstić information content (AvgIpc) is 1.99. The smallest absolute Gasteiger partial charge is 0.325 e. The topological polar surface area (TPSA) is 69.4 Å². The highest BCUT2D eigenvalue weighted by molar-refractivity contribution is 5.80. The summed E-state index contributed by atoms with van der Waals surface area (Å²) in [5.41, 5.74) is 4.49. The lowest BCUT2D eigenvalue weighted by Crippen LogP contribution is -2.45. The van der Waals surface area contributed by atoms with Gasteiger partial charge in [-0.2, -0.15) is 0 Å². The molecule has 0 aliphatic carbocycles. The van der Waals surface area contributed by atoms with Gasteiger partial charge in [0, 0.05) is 6.42 Å². The molecule has 0 saturated heterocycles. The fraction of sp³-hybridized carbons (Fsp3) is 0.714. The van der Waals surface area contributed by atoms with E-state index in [4.69, 9.17) is 5.73 Å². The summed E-state index contributed by atoms with van der Waals surface area (Å²) >= 11 is 0. The summed E-state index contributed by atoms with van der Waals surface area (Å²) in [5, 5.41) is 0. The van der Waals surface area contributed by atoms with Crippen molar-refractivity contribution in [3.8, 4) is 0 Å². The number of aldehydes is 1. The van der Waals surface area contributed by atoms with Gasteiger partial charge in [0.05, 0.1) is 7.11 Å². The van der Waals surface area contributed by atoms with E-state index in [0.717, 1.165) is 6.29 Å². The quantitative estimate of drug-likeness (QED) is 0.457. The van der Waals surface area contributed by atoms with Crippen LogP contribution in [0.1, 0.15) is 19.8 Å². The van der Waals surface area contributed by atoms with E-state index in [1.807, 2.05) is 0 Å². The molecular formula is C7H13NO3. The molecule has 11 heavy (non-hydrogen) atoms. The Hall–Kier alpha value is -0.900. The van der Waals surface area contributed by atoms with Crippen molar-refractivity contribution in [1.82, 2.24) is 0 Å². The van der Waals surface area contributed by atoms with E-state index in [2.05, 4.69) is 4.74 Å². The van der Waals surface area contributed by atoms with Crippen molar-refractivity contribution < 1.29 is 14.3 Å². The normalized spacial score (nSPS) is 15.2. The van der Waals surface area contributed by atoms with Crippen LogP contribution in [0.3, 0.4) is 0 Å². The zero-order valence-electron chi connectivity index (χ0n) is 6.79. The van der Waals surface area contributed by atoms with Crippen LogP contribution in [0.25, 0.3) is 0 Å². The number of carbonyl (C=O) groups is 2. The minimum atomic E-state index is -1.03. The van der Waals surface area contributed by atoms with E-state index in [9.17, 15) is 9.59 Å². The first-order chi connectivity index (χ1) is 5.04. The molecular weight excluding hydrogens is 146 g/mol. The summed E-state index contributed by atoms with van der Waals surface area (Å²) in [7, 11) is 1.27. The predicted molar refractivity (Wildman–Crippen MR) is 39.9 cm³/mol. The van der Waals surface area contributed by atoms with Crippen LogP contribution in [0.2, 0.25) is 0 Å². The van der Waals surface area contributed by atoms with Gasteiger partial charge < -0.3 is 15.3 Å². The Bertz CT molecular complexity index is 154. The van der Waals surface area contributed by atoms with Gasteiger partial charge in [-0.1, -0.05) is 0 Å². The number of hydrogen-bond acceptors (Lipinski definition) is 4. The molecule has 0 rings (SSSR count). The Labute approximate surface area is 65.7 Å². The molecule has 0 aromatic heterocycles. The number of esters is 1. The fourth-order valence-electron chi connectivity index (χ4n) is 0.694. The molecule has 1 atom stereocenters. The Balaban J connectivity index is 3.97. The van der Waals surface area contributed by atoms with Gasteiger partial charge in [0.25, 0.3) is 0 Å². The molecule has 0 aliphatic heterocycles. The molecule has 0 saturated carbocycles. The van der Waals surface area contributed by atoms with Crippen molar-refractivity contribution in [2.45, 2.75) is 25.3 Å². The maximum absolute atomic E-state index is 10.9. The highest BCUT2D eigenvalue weighted by Gasteiger charge is 2.28. The minimum Gasteiger partial charge on any atom is -0.468 e. The highest BCUT2D eigenvalue weighted by Crippen LogP contribution is 2.08. The molecule has 0 amide bonds. The van der Waals surface area contributed by atoms with Crippen LogP contribution in [-0.4, -0.2) is 24.9 Å². The number of ether oxygens (including phenoxy) is 1. The van der Waals surface area contributed by atoms with Gasteiger partial charge in [-0.15, -0.1) is 0 Å². The maximum atomic E-state index is 10.9. The molecule has 0 aromatic carbocycles. The van der Waals surface area contributed by atoms with Crippen LogP contribution >= 0.6 is 0 Å². The van der Waals surface area contributed by atoms with E-state index in [1.54, 1.807) is 6.92 Å². The van der Waals surface area contributed by atoms with Gasteiger partial charge in [-0.25, -0.2) is 0 Å². The molecule has 64 valence electrons. The largest absolute Gasteiger partial charge is 0.468 e. The minimum absolute atomic E-state index is 0.280. The summed E-state index contributed by atoms with van der Waals surface area (Å²) in [4.78, 5) is 20.8. The second-order valence-corrected chi connectivity index (χ2v) is 2.61. The van der Waals surface area contributed by atoms with Crippen LogP contribution in [0.5, 0.6) is 0 Å². The fourth-order valence-corrected chi connectivity index (χ4v) is 0.694. The lowest BCUT2D eigenvalue weighted by molar-refractivity contribution is -0.146. The van der Waals surface area contributed by atoms with Crippen molar-refractivity contribution in [2.24, 2.45) is 5.73 Å². The Morgan fingerprint density at radius 3 is 2.64 bits per heavy atom. The molecule has 0 bridgehead atoms. The Kier molecular flexibility index (Phi) is 3.74. The van der Waals surface area contributed by atoms with Crippen molar-refractivity contribution in [3.05, 3.63) is 0 Å². The van der Waals surface area contributed by atoms with E-state index in [0.29, 0.717) is 6.42 Å². The van der Waals surface area contributed by atoms with Crippen LogP contribution < -0.4 is 5.73 Å². The van der Waals surface area contributed by atoms with Crippen molar-refractivity contribution in [3.63, 3.8) is 0 Å². The van der Waals surface area contributed by atoms with E-state index >= 15 is 0 Å². The first-order valence-electron chi connectivity index (χ1n) is 3.35.